The fourth-order valence-corrected chi connectivity index (χ4v) is 4.73. The maximum atomic E-state index is 13.8. The number of aromatic nitrogens is 4. The van der Waals surface area contributed by atoms with E-state index in [1.165, 1.54) is 0 Å². The zero-order valence-corrected chi connectivity index (χ0v) is 22.2. The minimum Gasteiger partial charge on any atom is -0.374 e. The van der Waals surface area contributed by atoms with Crippen molar-refractivity contribution in [3.63, 3.8) is 0 Å². The molecule has 36 heavy (non-hydrogen) atoms. The van der Waals surface area contributed by atoms with Crippen LogP contribution in [-0.2, 0) is 17.7 Å². The van der Waals surface area contributed by atoms with Crippen molar-refractivity contribution in [2.24, 2.45) is 0 Å². The molecular formula is C27H37N7O2. The van der Waals surface area contributed by atoms with Crippen molar-refractivity contribution in [2.75, 3.05) is 48.9 Å². The van der Waals surface area contributed by atoms with Crippen LogP contribution in [0.15, 0.2) is 41.5 Å². The molecule has 3 aromatic rings. The lowest BCUT2D eigenvalue weighted by atomic mass is 10.1. The van der Waals surface area contributed by atoms with E-state index in [0.717, 1.165) is 28.5 Å². The molecule has 1 saturated heterocycles. The van der Waals surface area contributed by atoms with Crippen molar-refractivity contribution >= 4 is 17.3 Å². The quantitative estimate of drug-likeness (QED) is 0.488. The lowest BCUT2D eigenvalue weighted by molar-refractivity contribution is 0.0719. The molecule has 1 fully saturated rings. The van der Waals surface area contributed by atoms with Crippen LogP contribution in [0.3, 0.4) is 0 Å². The van der Waals surface area contributed by atoms with Gasteiger partial charge < -0.3 is 19.9 Å². The summed E-state index contributed by atoms with van der Waals surface area (Å²) in [6.45, 7) is 10.5. The minimum atomic E-state index is -0.0686. The smallest absolute Gasteiger partial charge is 0.277 e. The fourth-order valence-electron chi connectivity index (χ4n) is 4.73. The van der Waals surface area contributed by atoms with Crippen LogP contribution in [0.1, 0.15) is 32.0 Å². The van der Waals surface area contributed by atoms with Crippen LogP contribution in [0.4, 0.5) is 17.3 Å². The third kappa shape index (κ3) is 5.06. The van der Waals surface area contributed by atoms with E-state index in [9.17, 15) is 4.79 Å². The summed E-state index contributed by atoms with van der Waals surface area (Å²) in [6.07, 6.45) is 4.18. The number of ether oxygens (including phenoxy) is 1. The van der Waals surface area contributed by atoms with Crippen LogP contribution in [0.2, 0.25) is 0 Å². The van der Waals surface area contributed by atoms with E-state index in [4.69, 9.17) is 9.72 Å². The first-order valence-corrected chi connectivity index (χ1v) is 12.7. The Bertz CT molecular complexity index is 1240. The molecule has 1 unspecified atom stereocenters. The molecule has 2 atom stereocenters. The average molecular weight is 492 g/mol. The summed E-state index contributed by atoms with van der Waals surface area (Å²) in [5.74, 6) is 2.44. The summed E-state index contributed by atoms with van der Waals surface area (Å²) in [6, 6.07) is 7.86. The molecule has 0 spiro atoms. The number of rotatable bonds is 9. The Morgan fingerprint density at radius 3 is 2.58 bits per heavy atom. The fraction of sp³-hybridized carbons (Fsp3) is 0.481. The molecule has 9 heteroatoms. The van der Waals surface area contributed by atoms with Crippen molar-refractivity contribution < 1.29 is 4.74 Å². The van der Waals surface area contributed by atoms with Crippen LogP contribution >= 0.6 is 0 Å². The maximum Gasteiger partial charge on any atom is 0.277 e. The van der Waals surface area contributed by atoms with Crippen LogP contribution < -0.4 is 20.7 Å². The minimum absolute atomic E-state index is 0.0642. The van der Waals surface area contributed by atoms with Crippen LogP contribution in [0.25, 0.3) is 11.4 Å². The Labute approximate surface area is 213 Å². The largest absolute Gasteiger partial charge is 0.374 e. The van der Waals surface area contributed by atoms with Gasteiger partial charge in [-0.1, -0.05) is 13.0 Å². The Balaban J connectivity index is 1.71. The predicted molar refractivity (Wildman–Crippen MR) is 145 cm³/mol. The summed E-state index contributed by atoms with van der Waals surface area (Å²) in [5, 5.41) is 3.54. The van der Waals surface area contributed by atoms with E-state index < -0.39 is 0 Å². The Hall–Kier alpha value is -3.46. The second kappa shape index (κ2) is 11.1. The number of nitrogens with one attached hydrogen (secondary N) is 1. The molecule has 1 aliphatic rings. The first kappa shape index (κ1) is 25.6. The van der Waals surface area contributed by atoms with Gasteiger partial charge in [0.1, 0.15) is 23.1 Å². The van der Waals surface area contributed by atoms with E-state index in [2.05, 4.69) is 20.2 Å². The van der Waals surface area contributed by atoms with Crippen molar-refractivity contribution in [2.45, 2.75) is 52.8 Å². The molecule has 0 saturated carbocycles. The molecule has 0 aliphatic carbocycles. The monoisotopic (exact) mass is 491 g/mol. The molecule has 0 amide bonds. The number of nitrogens with zero attached hydrogens (tertiary/aromatic N) is 6. The highest BCUT2D eigenvalue weighted by Crippen LogP contribution is 2.27. The number of aryl methyl sites for hydroxylation is 2. The van der Waals surface area contributed by atoms with Gasteiger partial charge in [0.25, 0.3) is 5.56 Å². The van der Waals surface area contributed by atoms with Gasteiger partial charge in [0, 0.05) is 58.3 Å². The lowest BCUT2D eigenvalue weighted by Gasteiger charge is -2.23. The normalized spacial score (nSPS) is 17.4. The molecule has 4 heterocycles. The first-order valence-electron chi connectivity index (χ1n) is 12.7. The zero-order valence-electron chi connectivity index (χ0n) is 22.2. The maximum absolute atomic E-state index is 13.8. The standard InChI is InChI=1S/C27H37N7O2/c1-7-20-25(30-21-16-33(17-22(21)36-9-3)23-12-10-11-13-28-23)27(35)34(8-2)26(31-20)19-15-29-24(32(5)6)14-18(19)4/h10-15,21-22,30H,7-9,16-17H2,1-6H3/t21?,22-/m0/s1. The molecular weight excluding hydrogens is 454 g/mol. The van der Waals surface area contributed by atoms with E-state index >= 15 is 0 Å². The van der Waals surface area contributed by atoms with E-state index in [1.807, 2.05) is 77.2 Å². The van der Waals surface area contributed by atoms with Crippen molar-refractivity contribution in [1.82, 2.24) is 19.5 Å². The summed E-state index contributed by atoms with van der Waals surface area (Å²) in [7, 11) is 3.93. The molecule has 192 valence electrons. The van der Waals surface area contributed by atoms with Gasteiger partial charge in [0.2, 0.25) is 0 Å². The SMILES string of the molecule is CCO[C@H]1CN(c2ccccn2)CC1Nc1c(CC)nc(-c2cnc(N(C)C)cc2C)n(CC)c1=O. The molecule has 9 nitrogen and oxygen atoms in total. The summed E-state index contributed by atoms with van der Waals surface area (Å²) >= 11 is 0. The van der Waals surface area contributed by atoms with Gasteiger partial charge in [-0.15, -0.1) is 0 Å². The van der Waals surface area contributed by atoms with Crippen LogP contribution in [0.5, 0.6) is 0 Å². The molecule has 3 aromatic heterocycles. The van der Waals surface area contributed by atoms with E-state index in [0.29, 0.717) is 44.2 Å². The van der Waals surface area contributed by atoms with E-state index in [-0.39, 0.29) is 17.7 Å². The second-order valence-electron chi connectivity index (χ2n) is 9.25. The van der Waals surface area contributed by atoms with Gasteiger partial charge in [-0.05, 0) is 51.0 Å². The Morgan fingerprint density at radius 2 is 1.97 bits per heavy atom. The van der Waals surface area contributed by atoms with Gasteiger partial charge in [-0.3, -0.25) is 9.36 Å². The molecule has 0 bridgehead atoms. The van der Waals surface area contributed by atoms with Crippen molar-refractivity contribution in [3.05, 3.63) is 58.3 Å². The number of pyridine rings is 2. The molecule has 4 rings (SSSR count). The summed E-state index contributed by atoms with van der Waals surface area (Å²) < 4.78 is 7.81. The number of hydrogen-bond acceptors (Lipinski definition) is 8. The number of hydrogen-bond donors (Lipinski definition) is 1. The van der Waals surface area contributed by atoms with Crippen LogP contribution in [-0.4, -0.2) is 65.5 Å². The summed E-state index contributed by atoms with van der Waals surface area (Å²) in [4.78, 5) is 32.1. The topological polar surface area (TPSA) is 88.4 Å². The molecule has 0 aromatic carbocycles. The Morgan fingerprint density at radius 1 is 1.17 bits per heavy atom. The van der Waals surface area contributed by atoms with Crippen molar-refractivity contribution in [1.29, 1.82) is 0 Å². The van der Waals surface area contributed by atoms with Gasteiger partial charge in [0.05, 0.1) is 17.8 Å². The first-order chi connectivity index (χ1) is 17.4. The zero-order chi connectivity index (χ0) is 25.8. The highest BCUT2D eigenvalue weighted by molar-refractivity contribution is 5.64. The van der Waals surface area contributed by atoms with Crippen molar-refractivity contribution in [3.8, 4) is 11.4 Å². The average Bonchev–Trinajstić information content (AvgIpc) is 3.28. The van der Waals surface area contributed by atoms with Crippen LogP contribution in [0, 0.1) is 6.92 Å². The summed E-state index contributed by atoms with van der Waals surface area (Å²) in [5.41, 5.74) is 3.14. The number of anilines is 3. The lowest BCUT2D eigenvalue weighted by Crippen LogP contribution is -2.38. The molecule has 1 N–H and O–H groups in total. The highest BCUT2D eigenvalue weighted by Gasteiger charge is 2.35. The highest BCUT2D eigenvalue weighted by atomic mass is 16.5. The van der Waals surface area contributed by atoms with Gasteiger partial charge in [-0.2, -0.15) is 0 Å². The van der Waals surface area contributed by atoms with Gasteiger partial charge in [-0.25, -0.2) is 15.0 Å². The third-order valence-electron chi connectivity index (χ3n) is 6.64. The van der Waals surface area contributed by atoms with Gasteiger partial charge >= 0.3 is 0 Å². The van der Waals surface area contributed by atoms with Gasteiger partial charge in [0.15, 0.2) is 0 Å². The van der Waals surface area contributed by atoms with E-state index in [1.54, 1.807) is 10.8 Å². The molecule has 1 aliphatic heterocycles. The third-order valence-corrected chi connectivity index (χ3v) is 6.64. The second-order valence-corrected chi connectivity index (χ2v) is 9.25. The Kier molecular flexibility index (Phi) is 7.88. The predicted octanol–water partition coefficient (Wildman–Crippen LogP) is 3.36. The molecule has 0 radical (unpaired) electrons.